The predicted octanol–water partition coefficient (Wildman–Crippen LogP) is 16.5. The maximum absolute atomic E-state index is 6.72. The molecule has 7 heteroatoms. The van der Waals surface area contributed by atoms with E-state index in [9.17, 15) is 0 Å². The maximum atomic E-state index is 6.72. The summed E-state index contributed by atoms with van der Waals surface area (Å²) < 4.78 is 26.2. The van der Waals surface area contributed by atoms with Crippen molar-refractivity contribution in [3.8, 4) is 33.4 Å². The lowest BCUT2D eigenvalue weighted by atomic mass is 9.32. The fourth-order valence-electron chi connectivity index (χ4n) is 12.5. The van der Waals surface area contributed by atoms with Crippen molar-refractivity contribution in [1.29, 1.82) is 0 Å². The summed E-state index contributed by atoms with van der Waals surface area (Å²) in [6.45, 7) is 10.3. The lowest BCUT2D eigenvalue weighted by Crippen LogP contribution is -2.56. The summed E-state index contributed by atoms with van der Waals surface area (Å²) in [6, 6.07) is 68.9. The molecule has 0 N–H and O–H groups in total. The number of rotatable bonds is 5. The van der Waals surface area contributed by atoms with Gasteiger partial charge in [0.25, 0.3) is 6.71 Å². The zero-order valence-electron chi connectivity index (χ0n) is 42.5. The molecule has 1 unspecified atom stereocenters. The second kappa shape index (κ2) is 16.8. The lowest BCUT2D eigenvalue weighted by Gasteiger charge is -2.47. The molecule has 0 bridgehead atoms. The molecule has 0 radical (unpaired) electrons. The number of para-hydroxylation sites is 2. The van der Waals surface area contributed by atoms with E-state index in [-0.39, 0.29) is 18.2 Å². The van der Waals surface area contributed by atoms with Crippen molar-refractivity contribution in [3.63, 3.8) is 0 Å². The molecule has 15 rings (SSSR count). The average Bonchev–Trinajstić information content (AvgIpc) is 3.91. The number of ether oxygens (including phenoxy) is 2. The second-order valence-corrected chi connectivity index (χ2v) is 21.8. The quantitative estimate of drug-likeness (QED) is 0.160. The van der Waals surface area contributed by atoms with Crippen molar-refractivity contribution >= 4 is 90.0 Å². The Kier molecular flexibility index (Phi) is 9.83. The van der Waals surface area contributed by atoms with Gasteiger partial charge in [0.05, 0.1) is 18.9 Å². The Morgan fingerprint density at radius 2 is 1.11 bits per heavy atom. The third-order valence-electron chi connectivity index (χ3n) is 16.2. The van der Waals surface area contributed by atoms with Crippen molar-refractivity contribution in [2.24, 2.45) is 0 Å². The van der Waals surface area contributed by atoms with Gasteiger partial charge in [0.15, 0.2) is 0 Å². The summed E-state index contributed by atoms with van der Waals surface area (Å²) in [5, 5.41) is 4.51. The van der Waals surface area contributed by atoms with Crippen LogP contribution in [-0.2, 0) is 14.9 Å². The molecule has 1 fully saturated rings. The Bertz CT molecular complexity index is 4210. The molecule has 0 saturated carbocycles. The molecule has 0 amide bonds. The molecule has 1 atom stereocenters. The molecular formula is C68H53BN2O4. The highest BCUT2D eigenvalue weighted by Gasteiger charge is 2.47. The summed E-state index contributed by atoms with van der Waals surface area (Å²) in [4.78, 5) is 5.10. The molecule has 5 heterocycles. The minimum atomic E-state index is -0.193. The lowest BCUT2D eigenvalue weighted by molar-refractivity contribution is 0.0668. The van der Waals surface area contributed by atoms with E-state index in [1.807, 2.05) is 18.2 Å². The molecule has 2 aromatic heterocycles. The predicted molar refractivity (Wildman–Crippen MR) is 309 cm³/mol. The van der Waals surface area contributed by atoms with E-state index in [1.165, 1.54) is 50.0 Å². The van der Waals surface area contributed by atoms with Gasteiger partial charge in [0.2, 0.25) is 0 Å². The number of allylic oxidation sites excluding steroid dienone is 2. The smallest absolute Gasteiger partial charge is 0.251 e. The van der Waals surface area contributed by atoms with Crippen LogP contribution in [0, 0.1) is 6.92 Å². The molecular weight excluding hydrogens is 920 g/mol. The van der Waals surface area contributed by atoms with Crippen LogP contribution in [0.2, 0.25) is 0 Å². The van der Waals surface area contributed by atoms with Gasteiger partial charge in [-0.2, -0.15) is 0 Å². The van der Waals surface area contributed by atoms with Crippen LogP contribution in [-0.4, -0.2) is 26.0 Å². The third-order valence-corrected chi connectivity index (χ3v) is 16.2. The standard InChI is InChI=1S/C68H53BN2O4/c1-41-33-59-67-60(34-41)71(56-30-24-47(68(2,3)4)38-53(56)43-13-6-5-7-14-43)58-40-66-65(72-31-12-32-73-66)39-55(58)69(67)54-35-44(46-22-28-52-50-16-9-11-18-62(50)75-64(52)37-46)23-29-57(54)70(59)48-25-19-42(20-26-48)45-21-27-51-49-15-8-10-17-61(49)74-63(51)36-45/h5-11,13-30,33-39,66H,12,31-32,40H2,1-4H3. The summed E-state index contributed by atoms with van der Waals surface area (Å²) in [5.74, 6) is 0.918. The van der Waals surface area contributed by atoms with Gasteiger partial charge in [0, 0.05) is 68.4 Å². The summed E-state index contributed by atoms with van der Waals surface area (Å²) in [6.07, 6.45) is 3.69. The normalized spacial score (nSPS) is 16.2. The van der Waals surface area contributed by atoms with Crippen LogP contribution < -0.4 is 20.7 Å². The monoisotopic (exact) mass is 972 g/mol. The van der Waals surface area contributed by atoms with E-state index < -0.39 is 0 Å². The van der Waals surface area contributed by atoms with Crippen LogP contribution in [0.5, 0.6) is 0 Å². The first kappa shape index (κ1) is 44.0. The Labute approximate surface area is 436 Å². The third kappa shape index (κ3) is 7.05. The number of anilines is 5. The highest BCUT2D eigenvalue weighted by Crippen LogP contribution is 2.51. The second-order valence-electron chi connectivity index (χ2n) is 21.8. The average molecular weight is 973 g/mol. The van der Waals surface area contributed by atoms with Crippen LogP contribution in [0.15, 0.2) is 220 Å². The molecule has 1 saturated heterocycles. The van der Waals surface area contributed by atoms with E-state index in [4.69, 9.17) is 18.3 Å². The molecule has 11 aromatic rings. The number of nitrogens with zero attached hydrogens (tertiary/aromatic N) is 2. The summed E-state index contributed by atoms with van der Waals surface area (Å²) >= 11 is 0. The maximum Gasteiger partial charge on any atom is 0.251 e. The highest BCUT2D eigenvalue weighted by atomic mass is 16.5. The van der Waals surface area contributed by atoms with E-state index in [1.54, 1.807) is 0 Å². The Balaban J connectivity index is 0.964. The Morgan fingerprint density at radius 3 is 1.81 bits per heavy atom. The zero-order valence-corrected chi connectivity index (χ0v) is 42.5. The molecule has 9 aromatic carbocycles. The van der Waals surface area contributed by atoms with E-state index in [0.717, 1.165) is 101 Å². The molecule has 75 heavy (non-hydrogen) atoms. The van der Waals surface area contributed by atoms with Crippen molar-refractivity contribution in [1.82, 2.24) is 0 Å². The Morgan fingerprint density at radius 1 is 0.507 bits per heavy atom. The number of fused-ring (bicyclic) bond motifs is 10. The zero-order chi connectivity index (χ0) is 50.1. The molecule has 362 valence electrons. The number of hydrogen-bond acceptors (Lipinski definition) is 6. The molecule has 0 spiro atoms. The molecule has 6 nitrogen and oxygen atoms in total. The summed E-state index contributed by atoms with van der Waals surface area (Å²) in [7, 11) is 0. The van der Waals surface area contributed by atoms with Crippen molar-refractivity contribution in [3.05, 3.63) is 222 Å². The van der Waals surface area contributed by atoms with Gasteiger partial charge in [0.1, 0.15) is 34.2 Å². The summed E-state index contributed by atoms with van der Waals surface area (Å²) in [5.41, 5.74) is 23.6. The fraction of sp³-hybridized carbons (Fsp3) is 0.147. The number of benzene rings is 9. The van der Waals surface area contributed by atoms with Crippen LogP contribution >= 0.6 is 0 Å². The van der Waals surface area contributed by atoms with Gasteiger partial charge in [-0.05, 0) is 153 Å². The first-order valence-electron chi connectivity index (χ1n) is 26.4. The number of aryl methyl sites for hydroxylation is 1. The van der Waals surface area contributed by atoms with E-state index in [0.29, 0.717) is 19.6 Å². The van der Waals surface area contributed by atoms with Gasteiger partial charge in [-0.25, -0.2) is 0 Å². The SMILES string of the molecule is Cc1cc2c3c(c1)N(c1ccc(-c4ccc5c(c4)oc4ccccc45)cc1)c1ccc(-c4ccc5c(c4)oc4ccccc45)cc1B3C1=C(CC3OCCCOC3=C1)N2c1ccc(C(C)(C)C)cc1-c1ccccc1. The number of furan rings is 2. The highest BCUT2D eigenvalue weighted by molar-refractivity contribution is 6.95. The van der Waals surface area contributed by atoms with E-state index in [2.05, 4.69) is 213 Å². The molecule has 3 aliphatic heterocycles. The van der Waals surface area contributed by atoms with Crippen molar-refractivity contribution < 1.29 is 18.3 Å². The first-order valence-corrected chi connectivity index (χ1v) is 26.4. The van der Waals surface area contributed by atoms with Gasteiger partial charge in [-0.15, -0.1) is 0 Å². The largest absolute Gasteiger partial charge is 0.495 e. The van der Waals surface area contributed by atoms with Crippen LogP contribution in [0.1, 0.15) is 44.7 Å². The minimum absolute atomic E-state index is 0.0530. The van der Waals surface area contributed by atoms with Crippen LogP contribution in [0.25, 0.3) is 77.3 Å². The minimum Gasteiger partial charge on any atom is -0.495 e. The number of hydrogen-bond donors (Lipinski definition) is 0. The first-order chi connectivity index (χ1) is 36.7. The molecule has 1 aliphatic carbocycles. The van der Waals surface area contributed by atoms with Crippen LogP contribution in [0.3, 0.4) is 0 Å². The van der Waals surface area contributed by atoms with Gasteiger partial charge in [-0.1, -0.05) is 130 Å². The van der Waals surface area contributed by atoms with Gasteiger partial charge in [-0.3, -0.25) is 0 Å². The fourth-order valence-corrected chi connectivity index (χ4v) is 12.5. The topological polar surface area (TPSA) is 51.2 Å². The van der Waals surface area contributed by atoms with Crippen LogP contribution in [0.4, 0.5) is 28.4 Å². The van der Waals surface area contributed by atoms with Crippen molar-refractivity contribution in [2.45, 2.75) is 52.1 Å². The Hall–Kier alpha value is -8.52. The van der Waals surface area contributed by atoms with E-state index >= 15 is 0 Å². The van der Waals surface area contributed by atoms with Gasteiger partial charge >= 0.3 is 0 Å². The van der Waals surface area contributed by atoms with Gasteiger partial charge < -0.3 is 28.1 Å². The van der Waals surface area contributed by atoms with Crippen molar-refractivity contribution in [2.75, 3.05) is 23.0 Å². The molecule has 4 aliphatic rings.